The molecular formula is C23H26O2. The zero-order valence-corrected chi connectivity index (χ0v) is 15.6. The molecule has 0 N–H and O–H groups in total. The van der Waals surface area contributed by atoms with E-state index in [1.807, 2.05) is 30.3 Å². The number of Topliss-reactive ketones (excluding diaryl/α,β-unsaturated/α-hetero) is 1. The maximum atomic E-state index is 12.9. The largest absolute Gasteiger partial charge is 0.492 e. The lowest BCUT2D eigenvalue weighted by atomic mass is 9.74. The average Bonchev–Trinajstić information content (AvgIpc) is 2.54. The fourth-order valence-corrected chi connectivity index (χ4v) is 3.53. The molecule has 2 aromatic rings. The number of benzene rings is 2. The summed E-state index contributed by atoms with van der Waals surface area (Å²) in [4.78, 5) is 12.9. The Labute approximate surface area is 150 Å². The van der Waals surface area contributed by atoms with Crippen LogP contribution in [0.1, 0.15) is 48.9 Å². The lowest BCUT2D eigenvalue weighted by molar-refractivity contribution is -0.116. The van der Waals surface area contributed by atoms with Crippen molar-refractivity contribution in [3.05, 3.63) is 76.5 Å². The van der Waals surface area contributed by atoms with E-state index in [2.05, 4.69) is 45.9 Å². The fourth-order valence-electron chi connectivity index (χ4n) is 3.53. The molecule has 130 valence electrons. The summed E-state index contributed by atoms with van der Waals surface area (Å²) in [6, 6.07) is 16.4. The first-order valence-electron chi connectivity index (χ1n) is 8.86. The summed E-state index contributed by atoms with van der Waals surface area (Å²) in [6.07, 6.45) is 1.35. The van der Waals surface area contributed by atoms with Crippen LogP contribution in [0.4, 0.5) is 0 Å². The lowest BCUT2D eigenvalue weighted by Crippen LogP contribution is -2.26. The monoisotopic (exact) mass is 334 g/mol. The maximum Gasteiger partial charge on any atom is 0.167 e. The van der Waals surface area contributed by atoms with Gasteiger partial charge in [-0.15, -0.1) is 0 Å². The van der Waals surface area contributed by atoms with Gasteiger partial charge in [0.1, 0.15) is 12.4 Å². The second-order valence-electron chi connectivity index (χ2n) is 7.83. The topological polar surface area (TPSA) is 26.3 Å². The molecule has 1 aliphatic rings. The Balaban J connectivity index is 2.00. The van der Waals surface area contributed by atoms with Crippen molar-refractivity contribution >= 4 is 11.4 Å². The van der Waals surface area contributed by atoms with E-state index in [0.717, 1.165) is 34.4 Å². The van der Waals surface area contributed by atoms with Crippen molar-refractivity contribution < 1.29 is 9.53 Å². The number of ether oxygens (including phenoxy) is 1. The van der Waals surface area contributed by atoms with Crippen LogP contribution in [-0.2, 0) is 16.1 Å². The summed E-state index contributed by atoms with van der Waals surface area (Å²) in [6.45, 7) is 8.90. The van der Waals surface area contributed by atoms with Crippen molar-refractivity contribution in [1.29, 1.82) is 0 Å². The highest BCUT2D eigenvalue weighted by Crippen LogP contribution is 2.41. The highest BCUT2D eigenvalue weighted by molar-refractivity contribution is 6.22. The molecule has 0 fully saturated rings. The second-order valence-corrected chi connectivity index (χ2v) is 7.83. The van der Waals surface area contributed by atoms with E-state index in [9.17, 15) is 4.79 Å². The van der Waals surface area contributed by atoms with Crippen molar-refractivity contribution in [3.8, 4) is 0 Å². The molecule has 0 aromatic heterocycles. The first-order chi connectivity index (χ1) is 11.9. The van der Waals surface area contributed by atoms with Gasteiger partial charge in [-0.2, -0.15) is 0 Å². The summed E-state index contributed by atoms with van der Waals surface area (Å²) in [5, 5.41) is 0. The van der Waals surface area contributed by atoms with Crippen molar-refractivity contribution in [2.24, 2.45) is 5.41 Å². The number of hydrogen-bond donors (Lipinski definition) is 0. The lowest BCUT2D eigenvalue weighted by Gasteiger charge is -2.32. The number of ketones is 1. The molecule has 25 heavy (non-hydrogen) atoms. The van der Waals surface area contributed by atoms with Crippen LogP contribution in [0.5, 0.6) is 0 Å². The second kappa shape index (κ2) is 6.87. The molecule has 0 saturated heterocycles. The van der Waals surface area contributed by atoms with Gasteiger partial charge in [0.25, 0.3) is 0 Å². The van der Waals surface area contributed by atoms with Crippen LogP contribution in [-0.4, -0.2) is 5.78 Å². The van der Waals surface area contributed by atoms with E-state index in [0.29, 0.717) is 13.0 Å². The van der Waals surface area contributed by atoms with Crippen LogP contribution < -0.4 is 0 Å². The Kier molecular flexibility index (Phi) is 4.80. The molecule has 2 heteroatoms. The number of carbonyl (C=O) groups excluding carboxylic acids is 1. The highest BCUT2D eigenvalue weighted by atomic mass is 16.5. The fraction of sp³-hybridized carbons (Fsp3) is 0.348. The highest BCUT2D eigenvalue weighted by Gasteiger charge is 2.35. The summed E-state index contributed by atoms with van der Waals surface area (Å²) >= 11 is 0. The molecular weight excluding hydrogens is 308 g/mol. The number of rotatable bonds is 4. The molecule has 0 radical (unpaired) electrons. The Morgan fingerprint density at radius 3 is 2.40 bits per heavy atom. The van der Waals surface area contributed by atoms with Crippen LogP contribution in [0.25, 0.3) is 5.57 Å². The molecule has 0 unspecified atom stereocenters. The van der Waals surface area contributed by atoms with Crippen molar-refractivity contribution in [2.75, 3.05) is 0 Å². The molecule has 0 spiro atoms. The van der Waals surface area contributed by atoms with E-state index < -0.39 is 0 Å². The summed E-state index contributed by atoms with van der Waals surface area (Å²) in [5.74, 6) is 1.02. The zero-order chi connectivity index (χ0) is 18.0. The van der Waals surface area contributed by atoms with Crippen molar-refractivity contribution in [2.45, 2.75) is 47.1 Å². The predicted molar refractivity (Wildman–Crippen MR) is 102 cm³/mol. The van der Waals surface area contributed by atoms with E-state index in [1.165, 1.54) is 5.56 Å². The van der Waals surface area contributed by atoms with Gasteiger partial charge in [0, 0.05) is 12.8 Å². The van der Waals surface area contributed by atoms with E-state index in [1.54, 1.807) is 0 Å². The third kappa shape index (κ3) is 4.01. The van der Waals surface area contributed by atoms with Gasteiger partial charge in [-0.3, -0.25) is 4.79 Å². The average molecular weight is 334 g/mol. The van der Waals surface area contributed by atoms with Crippen molar-refractivity contribution in [3.63, 3.8) is 0 Å². The van der Waals surface area contributed by atoms with Gasteiger partial charge in [-0.25, -0.2) is 0 Å². The van der Waals surface area contributed by atoms with E-state index in [4.69, 9.17) is 4.74 Å². The third-order valence-corrected chi connectivity index (χ3v) is 4.74. The molecule has 0 bridgehead atoms. The summed E-state index contributed by atoms with van der Waals surface area (Å²) < 4.78 is 6.19. The normalized spacial score (nSPS) is 16.9. The van der Waals surface area contributed by atoms with Crippen LogP contribution in [0.3, 0.4) is 0 Å². The van der Waals surface area contributed by atoms with Crippen molar-refractivity contribution in [1.82, 2.24) is 0 Å². The smallest absolute Gasteiger partial charge is 0.167 e. The number of hydrogen-bond acceptors (Lipinski definition) is 2. The van der Waals surface area contributed by atoms with Crippen LogP contribution in [0.15, 0.2) is 54.3 Å². The number of carbonyl (C=O) groups is 1. The molecule has 1 aliphatic carbocycles. The minimum absolute atomic E-state index is 0.0643. The molecule has 2 aromatic carbocycles. The van der Waals surface area contributed by atoms with Crippen LogP contribution in [0, 0.1) is 19.3 Å². The predicted octanol–water partition coefficient (Wildman–Crippen LogP) is 5.62. The maximum absolute atomic E-state index is 12.9. The zero-order valence-electron chi connectivity index (χ0n) is 15.6. The molecule has 0 amide bonds. The quantitative estimate of drug-likeness (QED) is 0.725. The van der Waals surface area contributed by atoms with Gasteiger partial charge in [0.15, 0.2) is 5.78 Å². The van der Waals surface area contributed by atoms with Gasteiger partial charge in [0.05, 0.1) is 5.57 Å². The van der Waals surface area contributed by atoms with Crippen LogP contribution >= 0.6 is 0 Å². The SMILES string of the molecule is Cc1ccc(C2=C(OCc3ccccc3)CC(C)(C)CC2=O)c(C)c1. The Morgan fingerprint density at radius 2 is 1.72 bits per heavy atom. The van der Waals surface area contributed by atoms with Crippen LogP contribution in [0.2, 0.25) is 0 Å². The van der Waals surface area contributed by atoms with E-state index in [-0.39, 0.29) is 11.2 Å². The summed E-state index contributed by atoms with van der Waals surface area (Å²) in [5.41, 5.74) is 5.17. The van der Waals surface area contributed by atoms with Gasteiger partial charge in [-0.05, 0) is 36.0 Å². The number of allylic oxidation sites excluding steroid dienone is 2. The Bertz CT molecular complexity index is 813. The molecule has 2 nitrogen and oxygen atoms in total. The van der Waals surface area contributed by atoms with E-state index >= 15 is 0 Å². The Hall–Kier alpha value is -2.35. The molecule has 0 saturated carbocycles. The minimum atomic E-state index is -0.0643. The molecule has 0 atom stereocenters. The standard InChI is InChI=1S/C23H26O2/c1-16-10-11-19(17(2)12-16)22-20(24)13-23(3,4)14-21(22)25-15-18-8-6-5-7-9-18/h5-12H,13-15H2,1-4H3. The molecule has 3 rings (SSSR count). The first-order valence-corrected chi connectivity index (χ1v) is 8.86. The first kappa shape index (κ1) is 17.5. The summed E-state index contributed by atoms with van der Waals surface area (Å²) in [7, 11) is 0. The van der Waals surface area contributed by atoms with Gasteiger partial charge in [0.2, 0.25) is 0 Å². The number of aryl methyl sites for hydroxylation is 2. The molecule has 0 heterocycles. The Morgan fingerprint density at radius 1 is 1.00 bits per heavy atom. The third-order valence-electron chi connectivity index (χ3n) is 4.74. The van der Waals surface area contributed by atoms with Gasteiger partial charge in [-0.1, -0.05) is 67.9 Å². The van der Waals surface area contributed by atoms with Gasteiger partial charge >= 0.3 is 0 Å². The van der Waals surface area contributed by atoms with Gasteiger partial charge < -0.3 is 4.74 Å². The minimum Gasteiger partial charge on any atom is -0.492 e. The molecule has 0 aliphatic heterocycles.